The van der Waals surface area contributed by atoms with Gasteiger partial charge in [0.05, 0.1) is 11.2 Å². The van der Waals surface area contributed by atoms with Gasteiger partial charge >= 0.3 is 0 Å². The van der Waals surface area contributed by atoms with Crippen LogP contribution < -0.4 is 5.32 Å². The number of sulfone groups is 1. The SMILES string of the molecule is CS(=O)(=O)c1ccc(C(=O)NCCc2cnc[nH]2)cc1. The maximum Gasteiger partial charge on any atom is 0.251 e. The number of nitrogens with zero attached hydrogens (tertiary/aromatic N) is 1. The second kappa shape index (κ2) is 5.87. The summed E-state index contributed by atoms with van der Waals surface area (Å²) in [7, 11) is -3.23. The Balaban J connectivity index is 1.92. The van der Waals surface area contributed by atoms with Crippen LogP contribution in [0.15, 0.2) is 41.7 Å². The summed E-state index contributed by atoms with van der Waals surface area (Å²) in [5.74, 6) is -0.232. The van der Waals surface area contributed by atoms with Gasteiger partial charge in [0.25, 0.3) is 5.91 Å². The molecule has 1 aromatic heterocycles. The molecule has 0 radical (unpaired) electrons. The lowest BCUT2D eigenvalue weighted by Crippen LogP contribution is -2.25. The molecule has 106 valence electrons. The Morgan fingerprint density at radius 3 is 2.55 bits per heavy atom. The fourth-order valence-electron chi connectivity index (χ4n) is 1.69. The van der Waals surface area contributed by atoms with Crippen LogP contribution in [0.5, 0.6) is 0 Å². The number of nitrogens with one attached hydrogen (secondary N) is 2. The number of hydrogen-bond donors (Lipinski definition) is 2. The Bertz CT molecular complexity index is 676. The Morgan fingerprint density at radius 1 is 1.30 bits per heavy atom. The van der Waals surface area contributed by atoms with E-state index in [1.807, 2.05) is 0 Å². The normalized spacial score (nSPS) is 11.2. The summed E-state index contributed by atoms with van der Waals surface area (Å²) in [5, 5.41) is 2.76. The molecule has 1 aromatic carbocycles. The van der Waals surface area contributed by atoms with Crippen molar-refractivity contribution in [3.8, 4) is 0 Å². The summed E-state index contributed by atoms with van der Waals surface area (Å²) in [6.07, 6.45) is 5.08. The highest BCUT2D eigenvalue weighted by molar-refractivity contribution is 7.90. The van der Waals surface area contributed by atoms with E-state index < -0.39 is 9.84 Å². The molecular formula is C13H15N3O3S. The monoisotopic (exact) mass is 293 g/mol. The van der Waals surface area contributed by atoms with Gasteiger partial charge in [-0.3, -0.25) is 4.79 Å². The number of amides is 1. The van der Waals surface area contributed by atoms with E-state index in [-0.39, 0.29) is 10.8 Å². The fraction of sp³-hybridized carbons (Fsp3) is 0.231. The van der Waals surface area contributed by atoms with Crippen molar-refractivity contribution in [2.45, 2.75) is 11.3 Å². The minimum Gasteiger partial charge on any atom is -0.352 e. The van der Waals surface area contributed by atoms with Crippen molar-refractivity contribution in [1.82, 2.24) is 15.3 Å². The molecule has 0 saturated heterocycles. The van der Waals surface area contributed by atoms with Crippen molar-refractivity contribution in [2.24, 2.45) is 0 Å². The van der Waals surface area contributed by atoms with Gasteiger partial charge in [-0.05, 0) is 24.3 Å². The van der Waals surface area contributed by atoms with E-state index in [9.17, 15) is 13.2 Å². The summed E-state index contributed by atoms with van der Waals surface area (Å²) in [6, 6.07) is 5.86. The summed E-state index contributed by atoms with van der Waals surface area (Å²) in [5.41, 5.74) is 1.37. The first kappa shape index (κ1) is 14.3. The second-order valence-electron chi connectivity index (χ2n) is 4.38. The number of hydrogen-bond acceptors (Lipinski definition) is 4. The first-order valence-corrected chi connectivity index (χ1v) is 7.91. The van der Waals surface area contributed by atoms with Gasteiger partial charge in [-0.2, -0.15) is 0 Å². The Morgan fingerprint density at radius 2 is 2.00 bits per heavy atom. The first-order valence-electron chi connectivity index (χ1n) is 6.02. The zero-order valence-electron chi connectivity index (χ0n) is 11.0. The first-order chi connectivity index (χ1) is 9.47. The lowest BCUT2D eigenvalue weighted by Gasteiger charge is -2.05. The van der Waals surface area contributed by atoms with Crippen molar-refractivity contribution in [2.75, 3.05) is 12.8 Å². The van der Waals surface area contributed by atoms with Crippen molar-refractivity contribution in [1.29, 1.82) is 0 Å². The van der Waals surface area contributed by atoms with Crippen molar-refractivity contribution in [3.63, 3.8) is 0 Å². The predicted octanol–water partition coefficient (Wildman–Crippen LogP) is 0.786. The number of aromatic nitrogens is 2. The van der Waals surface area contributed by atoms with Crippen LogP contribution in [-0.4, -0.2) is 37.1 Å². The molecule has 0 aliphatic heterocycles. The standard InChI is InChI=1S/C13H15N3O3S/c1-20(18,19)12-4-2-10(3-5-12)13(17)15-7-6-11-8-14-9-16-11/h2-5,8-9H,6-7H2,1H3,(H,14,16)(H,15,17). The van der Waals surface area contributed by atoms with E-state index in [4.69, 9.17) is 0 Å². The summed E-state index contributed by atoms with van der Waals surface area (Å²) in [4.78, 5) is 18.9. The van der Waals surface area contributed by atoms with Crippen molar-refractivity contribution in [3.05, 3.63) is 48.0 Å². The van der Waals surface area contributed by atoms with Crippen LogP contribution in [-0.2, 0) is 16.3 Å². The second-order valence-corrected chi connectivity index (χ2v) is 6.40. The molecule has 0 fully saturated rings. The molecule has 2 rings (SSSR count). The highest BCUT2D eigenvalue weighted by Crippen LogP contribution is 2.10. The van der Waals surface area contributed by atoms with Crippen molar-refractivity contribution < 1.29 is 13.2 Å². The van der Waals surface area contributed by atoms with E-state index in [0.717, 1.165) is 11.9 Å². The molecule has 6 nitrogen and oxygen atoms in total. The lowest BCUT2D eigenvalue weighted by molar-refractivity contribution is 0.0954. The fourth-order valence-corrected chi connectivity index (χ4v) is 2.32. The lowest BCUT2D eigenvalue weighted by atomic mass is 10.2. The van der Waals surface area contributed by atoms with Crippen LogP contribution in [0.1, 0.15) is 16.1 Å². The number of carbonyl (C=O) groups excluding carboxylic acids is 1. The molecule has 0 saturated carbocycles. The van der Waals surface area contributed by atoms with Crippen LogP contribution in [0, 0.1) is 0 Å². The third kappa shape index (κ3) is 3.67. The number of aromatic amines is 1. The van der Waals surface area contributed by atoms with Crippen LogP contribution in [0.3, 0.4) is 0 Å². The van der Waals surface area contributed by atoms with Gasteiger partial charge in [-0.15, -0.1) is 0 Å². The summed E-state index contributed by atoms with van der Waals surface area (Å²) < 4.78 is 22.6. The average molecular weight is 293 g/mol. The number of imidazole rings is 1. The zero-order valence-corrected chi connectivity index (χ0v) is 11.8. The smallest absolute Gasteiger partial charge is 0.251 e. The van der Waals surface area contributed by atoms with E-state index in [0.29, 0.717) is 18.5 Å². The summed E-state index contributed by atoms with van der Waals surface area (Å²) in [6.45, 7) is 0.481. The van der Waals surface area contributed by atoms with E-state index >= 15 is 0 Å². The van der Waals surface area contributed by atoms with Crippen LogP contribution >= 0.6 is 0 Å². The van der Waals surface area contributed by atoms with Gasteiger partial charge in [0.15, 0.2) is 9.84 Å². The highest BCUT2D eigenvalue weighted by atomic mass is 32.2. The average Bonchev–Trinajstić information content (AvgIpc) is 2.91. The molecule has 2 N–H and O–H groups in total. The van der Waals surface area contributed by atoms with E-state index in [2.05, 4.69) is 15.3 Å². The molecular weight excluding hydrogens is 278 g/mol. The number of H-pyrrole nitrogens is 1. The van der Waals surface area contributed by atoms with Crippen LogP contribution in [0.25, 0.3) is 0 Å². The predicted molar refractivity (Wildman–Crippen MR) is 74.2 cm³/mol. The largest absolute Gasteiger partial charge is 0.352 e. The molecule has 0 aliphatic rings. The van der Waals surface area contributed by atoms with E-state index in [1.165, 1.54) is 24.3 Å². The molecule has 0 atom stereocenters. The third-order valence-corrected chi connectivity index (χ3v) is 3.91. The minimum atomic E-state index is -3.23. The van der Waals surface area contributed by atoms with Crippen molar-refractivity contribution >= 4 is 15.7 Å². The summed E-state index contributed by atoms with van der Waals surface area (Å²) >= 11 is 0. The van der Waals surface area contributed by atoms with Gasteiger partial charge in [0, 0.05) is 36.7 Å². The molecule has 20 heavy (non-hydrogen) atoms. The van der Waals surface area contributed by atoms with Gasteiger partial charge < -0.3 is 10.3 Å². The van der Waals surface area contributed by atoms with Gasteiger partial charge in [0.2, 0.25) is 0 Å². The molecule has 0 aliphatic carbocycles. The molecule has 0 spiro atoms. The highest BCUT2D eigenvalue weighted by Gasteiger charge is 2.09. The molecule has 1 amide bonds. The Kier molecular flexibility index (Phi) is 4.19. The molecule has 2 aromatic rings. The Hall–Kier alpha value is -2.15. The maximum atomic E-state index is 11.8. The molecule has 0 bridgehead atoms. The molecule has 7 heteroatoms. The van der Waals surface area contributed by atoms with Crippen LogP contribution in [0.2, 0.25) is 0 Å². The van der Waals surface area contributed by atoms with Gasteiger partial charge in [-0.1, -0.05) is 0 Å². The van der Waals surface area contributed by atoms with Crippen LogP contribution in [0.4, 0.5) is 0 Å². The quantitative estimate of drug-likeness (QED) is 0.852. The third-order valence-electron chi connectivity index (χ3n) is 2.78. The Labute approximate surface area is 117 Å². The zero-order chi connectivity index (χ0) is 14.6. The molecule has 0 unspecified atom stereocenters. The number of benzene rings is 1. The maximum absolute atomic E-state index is 11.8. The van der Waals surface area contributed by atoms with Gasteiger partial charge in [0.1, 0.15) is 0 Å². The van der Waals surface area contributed by atoms with Gasteiger partial charge in [-0.25, -0.2) is 13.4 Å². The minimum absolute atomic E-state index is 0.200. The van der Waals surface area contributed by atoms with E-state index in [1.54, 1.807) is 12.5 Å². The number of carbonyl (C=O) groups is 1. The topological polar surface area (TPSA) is 91.9 Å². The molecule has 1 heterocycles. The number of rotatable bonds is 5.